The Kier molecular flexibility index (Phi) is 4.49. The minimum absolute atomic E-state index is 0.0480. The molecule has 0 bridgehead atoms. The van der Waals surface area contributed by atoms with Gasteiger partial charge >= 0.3 is 6.09 Å². The Labute approximate surface area is 149 Å². The van der Waals surface area contributed by atoms with E-state index in [0.717, 1.165) is 4.68 Å². The van der Waals surface area contributed by atoms with E-state index in [1.54, 1.807) is 20.8 Å². The first kappa shape index (κ1) is 19.0. The molecule has 2 aliphatic heterocycles. The lowest BCUT2D eigenvalue weighted by atomic mass is 9.97. The summed E-state index contributed by atoms with van der Waals surface area (Å²) in [5, 5.41) is 13.4. The van der Waals surface area contributed by atoms with Crippen LogP contribution in [0.3, 0.4) is 0 Å². The Balaban J connectivity index is 1.93. The van der Waals surface area contributed by atoms with Crippen LogP contribution in [0.2, 0.25) is 0 Å². The molecule has 0 saturated heterocycles. The highest BCUT2D eigenvalue weighted by Crippen LogP contribution is 2.43. The maximum atomic E-state index is 14.7. The standard InChI is InChI=1S/C17H24F3N3O3/c1-15(2,3)26-14(25)22-7-4-12-11(8-22)13-17(19,20)6-5-16(18,10-24)9-23(13)21-12/h24H,4-10H2,1-3H3/t16-/m0/s1. The van der Waals surface area contributed by atoms with Crippen LogP contribution in [0, 0.1) is 0 Å². The van der Waals surface area contributed by atoms with Crippen molar-refractivity contribution >= 4 is 6.09 Å². The largest absolute Gasteiger partial charge is 0.444 e. The van der Waals surface area contributed by atoms with Crippen molar-refractivity contribution in [2.75, 3.05) is 13.2 Å². The number of ether oxygens (including phenoxy) is 1. The lowest BCUT2D eigenvalue weighted by Gasteiger charge is -2.30. The molecule has 1 aromatic rings. The molecular formula is C17H24F3N3O3. The van der Waals surface area contributed by atoms with E-state index >= 15 is 0 Å². The molecule has 6 nitrogen and oxygen atoms in total. The van der Waals surface area contributed by atoms with Crippen molar-refractivity contribution in [1.29, 1.82) is 0 Å². The Morgan fingerprint density at radius 2 is 2.00 bits per heavy atom. The topological polar surface area (TPSA) is 67.6 Å². The first-order chi connectivity index (χ1) is 11.9. The molecular weight excluding hydrogens is 351 g/mol. The summed E-state index contributed by atoms with van der Waals surface area (Å²) < 4.78 is 50.3. The molecule has 0 aliphatic carbocycles. The van der Waals surface area contributed by atoms with Gasteiger partial charge in [0, 0.05) is 24.9 Å². The van der Waals surface area contributed by atoms with E-state index in [9.17, 15) is 23.1 Å². The van der Waals surface area contributed by atoms with Crippen LogP contribution in [0.4, 0.5) is 18.0 Å². The van der Waals surface area contributed by atoms with Gasteiger partial charge in [0.2, 0.25) is 0 Å². The summed E-state index contributed by atoms with van der Waals surface area (Å²) in [4.78, 5) is 13.7. The summed E-state index contributed by atoms with van der Waals surface area (Å²) in [6, 6.07) is 0. The molecule has 0 saturated carbocycles. The van der Waals surface area contributed by atoms with Gasteiger partial charge in [0.25, 0.3) is 5.92 Å². The monoisotopic (exact) mass is 375 g/mol. The molecule has 1 atom stereocenters. The second kappa shape index (κ2) is 6.14. The van der Waals surface area contributed by atoms with E-state index in [-0.39, 0.29) is 17.8 Å². The molecule has 0 fully saturated rings. The molecule has 0 spiro atoms. The van der Waals surface area contributed by atoms with Gasteiger partial charge in [0.05, 0.1) is 25.4 Å². The Hall–Kier alpha value is -1.77. The third kappa shape index (κ3) is 3.54. The first-order valence-electron chi connectivity index (χ1n) is 8.69. The van der Waals surface area contributed by atoms with Crippen molar-refractivity contribution in [2.24, 2.45) is 0 Å². The van der Waals surface area contributed by atoms with Gasteiger partial charge in [-0.3, -0.25) is 4.68 Å². The number of hydrogen-bond donors (Lipinski definition) is 1. The maximum Gasteiger partial charge on any atom is 0.410 e. The molecule has 3 rings (SSSR count). The number of aliphatic hydroxyl groups is 1. The van der Waals surface area contributed by atoms with Crippen LogP contribution in [-0.4, -0.2) is 50.3 Å². The molecule has 26 heavy (non-hydrogen) atoms. The molecule has 0 aromatic carbocycles. The van der Waals surface area contributed by atoms with E-state index in [1.807, 2.05) is 0 Å². The number of amides is 1. The van der Waals surface area contributed by atoms with Gasteiger partial charge in [-0.15, -0.1) is 0 Å². The van der Waals surface area contributed by atoms with Crippen LogP contribution >= 0.6 is 0 Å². The third-order valence-corrected chi connectivity index (χ3v) is 4.70. The van der Waals surface area contributed by atoms with Crippen molar-refractivity contribution in [3.8, 4) is 0 Å². The van der Waals surface area contributed by atoms with E-state index in [1.165, 1.54) is 4.90 Å². The zero-order valence-corrected chi connectivity index (χ0v) is 15.2. The molecule has 9 heteroatoms. The van der Waals surface area contributed by atoms with Crippen LogP contribution in [-0.2, 0) is 30.2 Å². The molecule has 2 aliphatic rings. The second-order valence-electron chi connectivity index (χ2n) is 8.10. The number of aliphatic hydroxyl groups excluding tert-OH is 1. The zero-order valence-electron chi connectivity index (χ0n) is 15.2. The van der Waals surface area contributed by atoms with Gasteiger partial charge in [-0.25, -0.2) is 9.18 Å². The minimum Gasteiger partial charge on any atom is -0.444 e. The van der Waals surface area contributed by atoms with E-state index in [2.05, 4.69) is 5.10 Å². The average Bonchev–Trinajstić information content (AvgIpc) is 2.84. The van der Waals surface area contributed by atoms with E-state index in [4.69, 9.17) is 4.74 Å². The first-order valence-corrected chi connectivity index (χ1v) is 8.69. The molecule has 1 aromatic heterocycles. The number of carbonyl (C=O) groups excluding carboxylic acids is 1. The predicted octanol–water partition coefficient (Wildman–Crippen LogP) is 2.76. The van der Waals surface area contributed by atoms with Crippen LogP contribution in [0.5, 0.6) is 0 Å². The fourth-order valence-electron chi connectivity index (χ4n) is 3.41. The molecule has 146 valence electrons. The van der Waals surface area contributed by atoms with Gasteiger partial charge < -0.3 is 14.7 Å². The Bertz CT molecular complexity index is 714. The normalized spacial score (nSPS) is 25.3. The minimum atomic E-state index is -3.28. The summed E-state index contributed by atoms with van der Waals surface area (Å²) in [5.41, 5.74) is -2.47. The highest BCUT2D eigenvalue weighted by molar-refractivity contribution is 5.68. The predicted molar refractivity (Wildman–Crippen MR) is 86.6 cm³/mol. The third-order valence-electron chi connectivity index (χ3n) is 4.70. The van der Waals surface area contributed by atoms with Gasteiger partial charge in [0.15, 0.2) is 5.67 Å². The average molecular weight is 375 g/mol. The summed E-state index contributed by atoms with van der Waals surface area (Å²) in [5.74, 6) is -3.28. The number of alkyl halides is 3. The molecule has 0 unspecified atom stereocenters. The van der Waals surface area contributed by atoms with Crippen LogP contribution in [0.1, 0.15) is 50.6 Å². The lowest BCUT2D eigenvalue weighted by Crippen LogP contribution is -2.40. The summed E-state index contributed by atoms with van der Waals surface area (Å²) >= 11 is 0. The number of rotatable bonds is 1. The zero-order chi connectivity index (χ0) is 19.3. The van der Waals surface area contributed by atoms with Crippen LogP contribution < -0.4 is 0 Å². The van der Waals surface area contributed by atoms with Crippen molar-refractivity contribution < 1.29 is 27.8 Å². The summed E-state index contributed by atoms with van der Waals surface area (Å²) in [7, 11) is 0. The number of hydrogen-bond acceptors (Lipinski definition) is 4. The van der Waals surface area contributed by atoms with Crippen molar-refractivity contribution in [1.82, 2.24) is 14.7 Å². The summed E-state index contributed by atoms with van der Waals surface area (Å²) in [6.07, 6.45) is -1.45. The molecule has 0 radical (unpaired) electrons. The number of aromatic nitrogens is 2. The number of carbonyl (C=O) groups is 1. The van der Waals surface area contributed by atoms with Crippen LogP contribution in [0.15, 0.2) is 0 Å². The fraction of sp³-hybridized carbons (Fsp3) is 0.765. The smallest absolute Gasteiger partial charge is 0.410 e. The van der Waals surface area contributed by atoms with Gasteiger partial charge in [-0.1, -0.05) is 0 Å². The fourth-order valence-corrected chi connectivity index (χ4v) is 3.41. The number of fused-ring (bicyclic) bond motifs is 3. The SMILES string of the molecule is CC(C)(C)OC(=O)N1CCc2nn3c(c2C1)C(F)(F)CC[C@@](F)(CO)C3. The Morgan fingerprint density at radius 3 is 2.62 bits per heavy atom. The number of halogens is 3. The van der Waals surface area contributed by atoms with Crippen molar-refractivity contribution in [2.45, 2.75) is 70.3 Å². The van der Waals surface area contributed by atoms with Gasteiger partial charge in [-0.2, -0.15) is 13.9 Å². The quantitative estimate of drug-likeness (QED) is 0.820. The molecule has 3 heterocycles. The van der Waals surface area contributed by atoms with Crippen molar-refractivity contribution in [3.05, 3.63) is 17.0 Å². The maximum absolute atomic E-state index is 14.7. The lowest BCUT2D eigenvalue weighted by molar-refractivity contribution is -0.0328. The molecule has 1 amide bonds. The van der Waals surface area contributed by atoms with Gasteiger partial charge in [0.1, 0.15) is 11.3 Å². The van der Waals surface area contributed by atoms with E-state index < -0.39 is 49.3 Å². The van der Waals surface area contributed by atoms with Crippen LogP contribution in [0.25, 0.3) is 0 Å². The molecule has 1 N–H and O–H groups in total. The number of nitrogens with zero attached hydrogens (tertiary/aromatic N) is 3. The van der Waals surface area contributed by atoms with Crippen molar-refractivity contribution in [3.63, 3.8) is 0 Å². The van der Waals surface area contributed by atoms with E-state index in [0.29, 0.717) is 18.7 Å². The Morgan fingerprint density at radius 1 is 1.31 bits per heavy atom. The second-order valence-corrected chi connectivity index (χ2v) is 8.10. The highest BCUT2D eigenvalue weighted by atomic mass is 19.3. The van der Waals surface area contributed by atoms with Gasteiger partial charge in [-0.05, 0) is 27.2 Å². The summed E-state index contributed by atoms with van der Waals surface area (Å²) in [6.45, 7) is 4.19. The highest BCUT2D eigenvalue weighted by Gasteiger charge is 2.48.